The zero-order valence-corrected chi connectivity index (χ0v) is 14.4. The van der Waals surface area contributed by atoms with E-state index in [4.69, 9.17) is 9.15 Å². The molecule has 0 aliphatic carbocycles. The van der Waals surface area contributed by atoms with Crippen LogP contribution in [0.15, 0.2) is 35.0 Å². The molecular formula is C19H21N3O3. The van der Waals surface area contributed by atoms with Crippen LogP contribution in [0.1, 0.15) is 34.5 Å². The van der Waals surface area contributed by atoms with Crippen LogP contribution in [0.4, 0.5) is 5.69 Å². The lowest BCUT2D eigenvalue weighted by Crippen LogP contribution is -2.15. The SMILES string of the molecule is Cc1c(C(=O)Nc2cnn(C[C@H]3CCCO3)c2)oc2c(C)cccc12. The lowest BCUT2D eigenvalue weighted by Gasteiger charge is -2.08. The summed E-state index contributed by atoms with van der Waals surface area (Å²) < 4.78 is 13.2. The molecule has 0 spiro atoms. The maximum absolute atomic E-state index is 12.6. The zero-order chi connectivity index (χ0) is 17.4. The molecule has 1 fully saturated rings. The number of hydrogen-bond acceptors (Lipinski definition) is 4. The number of nitrogens with one attached hydrogen (secondary N) is 1. The summed E-state index contributed by atoms with van der Waals surface area (Å²) >= 11 is 0. The van der Waals surface area contributed by atoms with E-state index in [1.54, 1.807) is 10.9 Å². The summed E-state index contributed by atoms with van der Waals surface area (Å²) in [5, 5.41) is 8.14. The molecule has 0 saturated carbocycles. The second kappa shape index (κ2) is 6.37. The van der Waals surface area contributed by atoms with Crippen LogP contribution in [0, 0.1) is 13.8 Å². The third-order valence-corrected chi connectivity index (χ3v) is 4.67. The monoisotopic (exact) mass is 339 g/mol. The Morgan fingerprint density at radius 2 is 2.28 bits per heavy atom. The number of ether oxygens (including phenoxy) is 1. The molecule has 1 aliphatic rings. The van der Waals surface area contributed by atoms with Crippen molar-refractivity contribution in [1.82, 2.24) is 9.78 Å². The Morgan fingerprint density at radius 1 is 1.40 bits per heavy atom. The number of anilines is 1. The number of benzene rings is 1. The molecular weight excluding hydrogens is 318 g/mol. The molecule has 4 rings (SSSR count). The summed E-state index contributed by atoms with van der Waals surface area (Å²) in [6.07, 6.45) is 5.84. The van der Waals surface area contributed by atoms with E-state index < -0.39 is 0 Å². The Hall–Kier alpha value is -2.60. The number of hydrogen-bond donors (Lipinski definition) is 1. The van der Waals surface area contributed by atoms with Gasteiger partial charge in [-0.25, -0.2) is 0 Å². The first-order chi connectivity index (χ1) is 12.1. The third kappa shape index (κ3) is 3.05. The van der Waals surface area contributed by atoms with Crippen LogP contribution < -0.4 is 5.32 Å². The van der Waals surface area contributed by atoms with Crippen molar-refractivity contribution in [2.75, 3.05) is 11.9 Å². The number of amides is 1. The highest BCUT2D eigenvalue weighted by atomic mass is 16.5. The molecule has 0 radical (unpaired) electrons. The summed E-state index contributed by atoms with van der Waals surface area (Å²) in [5.74, 6) is 0.0842. The van der Waals surface area contributed by atoms with E-state index in [2.05, 4.69) is 10.4 Å². The van der Waals surface area contributed by atoms with Gasteiger partial charge in [-0.15, -0.1) is 0 Å². The fraction of sp³-hybridized carbons (Fsp3) is 0.368. The molecule has 25 heavy (non-hydrogen) atoms. The number of nitrogens with zero attached hydrogens (tertiary/aromatic N) is 2. The van der Waals surface area contributed by atoms with E-state index in [-0.39, 0.29) is 12.0 Å². The van der Waals surface area contributed by atoms with E-state index in [1.807, 2.05) is 38.2 Å². The normalized spacial score (nSPS) is 17.3. The maximum Gasteiger partial charge on any atom is 0.291 e. The number of carbonyl (C=O) groups is 1. The number of aryl methyl sites for hydroxylation is 2. The number of para-hydroxylation sites is 1. The van der Waals surface area contributed by atoms with Gasteiger partial charge < -0.3 is 14.5 Å². The van der Waals surface area contributed by atoms with Crippen molar-refractivity contribution < 1.29 is 13.9 Å². The first kappa shape index (κ1) is 15.9. The summed E-state index contributed by atoms with van der Waals surface area (Å²) in [6, 6.07) is 5.91. The van der Waals surface area contributed by atoms with Crippen molar-refractivity contribution in [1.29, 1.82) is 0 Å². The average molecular weight is 339 g/mol. The molecule has 1 atom stereocenters. The van der Waals surface area contributed by atoms with Crippen molar-refractivity contribution >= 4 is 22.6 Å². The van der Waals surface area contributed by atoms with Crippen LogP contribution in [-0.4, -0.2) is 28.4 Å². The molecule has 130 valence electrons. The van der Waals surface area contributed by atoms with Crippen molar-refractivity contribution in [2.24, 2.45) is 0 Å². The van der Waals surface area contributed by atoms with Crippen LogP contribution in [0.2, 0.25) is 0 Å². The number of furan rings is 1. The molecule has 6 nitrogen and oxygen atoms in total. The van der Waals surface area contributed by atoms with Gasteiger partial charge in [0.25, 0.3) is 5.91 Å². The quantitative estimate of drug-likeness (QED) is 0.787. The van der Waals surface area contributed by atoms with Crippen molar-refractivity contribution in [2.45, 2.75) is 39.3 Å². The summed E-state index contributed by atoms with van der Waals surface area (Å²) in [5.41, 5.74) is 3.28. The van der Waals surface area contributed by atoms with E-state index in [0.29, 0.717) is 18.0 Å². The predicted octanol–water partition coefficient (Wildman–Crippen LogP) is 3.68. The van der Waals surface area contributed by atoms with Crippen LogP contribution in [0.3, 0.4) is 0 Å². The molecule has 3 heterocycles. The zero-order valence-electron chi connectivity index (χ0n) is 14.4. The summed E-state index contributed by atoms with van der Waals surface area (Å²) in [7, 11) is 0. The van der Waals surface area contributed by atoms with E-state index in [9.17, 15) is 4.79 Å². The smallest absolute Gasteiger partial charge is 0.291 e. The largest absolute Gasteiger partial charge is 0.450 e. The number of rotatable bonds is 4. The lowest BCUT2D eigenvalue weighted by atomic mass is 10.1. The van der Waals surface area contributed by atoms with Crippen molar-refractivity contribution in [3.8, 4) is 0 Å². The minimum absolute atomic E-state index is 0.212. The predicted molar refractivity (Wildman–Crippen MR) is 94.8 cm³/mol. The fourth-order valence-electron chi connectivity index (χ4n) is 3.31. The van der Waals surface area contributed by atoms with Crippen LogP contribution in [0.25, 0.3) is 11.0 Å². The molecule has 1 aromatic carbocycles. The number of fused-ring (bicyclic) bond motifs is 1. The molecule has 2 aromatic heterocycles. The topological polar surface area (TPSA) is 69.3 Å². The highest BCUT2D eigenvalue weighted by Crippen LogP contribution is 2.28. The van der Waals surface area contributed by atoms with Gasteiger partial charge in [0.15, 0.2) is 5.76 Å². The van der Waals surface area contributed by atoms with E-state index in [0.717, 1.165) is 41.5 Å². The Bertz CT molecular complexity index is 919. The van der Waals surface area contributed by atoms with Gasteiger partial charge in [0.1, 0.15) is 5.58 Å². The molecule has 0 unspecified atom stereocenters. The summed E-state index contributed by atoms with van der Waals surface area (Å²) in [4.78, 5) is 12.6. The van der Waals surface area contributed by atoms with Gasteiger partial charge in [0, 0.05) is 23.8 Å². The van der Waals surface area contributed by atoms with E-state index in [1.165, 1.54) is 0 Å². The van der Waals surface area contributed by atoms with Gasteiger partial charge in [0.2, 0.25) is 0 Å². The van der Waals surface area contributed by atoms with Gasteiger partial charge in [-0.2, -0.15) is 5.10 Å². The Balaban J connectivity index is 1.51. The molecule has 0 bridgehead atoms. The molecule has 1 saturated heterocycles. The second-order valence-electron chi connectivity index (χ2n) is 6.55. The van der Waals surface area contributed by atoms with Gasteiger partial charge in [-0.05, 0) is 32.3 Å². The van der Waals surface area contributed by atoms with Crippen LogP contribution in [-0.2, 0) is 11.3 Å². The fourth-order valence-corrected chi connectivity index (χ4v) is 3.31. The highest BCUT2D eigenvalue weighted by Gasteiger charge is 2.20. The molecule has 6 heteroatoms. The molecule has 3 aromatic rings. The van der Waals surface area contributed by atoms with Crippen LogP contribution >= 0.6 is 0 Å². The second-order valence-corrected chi connectivity index (χ2v) is 6.55. The van der Waals surface area contributed by atoms with Gasteiger partial charge in [-0.1, -0.05) is 18.2 Å². The first-order valence-corrected chi connectivity index (χ1v) is 8.56. The summed E-state index contributed by atoms with van der Waals surface area (Å²) in [6.45, 7) is 5.40. The van der Waals surface area contributed by atoms with Gasteiger partial charge >= 0.3 is 0 Å². The Morgan fingerprint density at radius 3 is 3.04 bits per heavy atom. The van der Waals surface area contributed by atoms with E-state index >= 15 is 0 Å². The Labute approximate surface area is 145 Å². The van der Waals surface area contributed by atoms with Gasteiger partial charge in [0.05, 0.1) is 24.5 Å². The number of aromatic nitrogens is 2. The van der Waals surface area contributed by atoms with Crippen molar-refractivity contribution in [3.05, 3.63) is 47.5 Å². The number of carbonyl (C=O) groups excluding carboxylic acids is 1. The minimum atomic E-state index is -0.259. The average Bonchev–Trinajstić information content (AvgIpc) is 3.31. The standard InChI is InChI=1S/C19H21N3O3/c1-12-5-3-7-16-13(2)18(25-17(12)16)19(23)21-14-9-20-22(10-14)11-15-6-4-8-24-15/h3,5,7,9-10,15H,4,6,8,11H2,1-2H3,(H,21,23)/t15-/m1/s1. The van der Waals surface area contributed by atoms with Crippen LogP contribution in [0.5, 0.6) is 0 Å². The highest BCUT2D eigenvalue weighted by molar-refractivity contribution is 6.06. The third-order valence-electron chi connectivity index (χ3n) is 4.67. The molecule has 1 N–H and O–H groups in total. The minimum Gasteiger partial charge on any atom is -0.450 e. The Kier molecular flexibility index (Phi) is 4.05. The molecule has 1 amide bonds. The maximum atomic E-state index is 12.6. The molecule has 1 aliphatic heterocycles. The lowest BCUT2D eigenvalue weighted by molar-refractivity contribution is 0.0940. The van der Waals surface area contributed by atoms with Crippen molar-refractivity contribution in [3.63, 3.8) is 0 Å². The van der Waals surface area contributed by atoms with Gasteiger partial charge in [-0.3, -0.25) is 9.48 Å². The first-order valence-electron chi connectivity index (χ1n) is 8.56.